The molecule has 8 nitrogen and oxygen atoms in total. The van der Waals surface area contributed by atoms with Crippen LogP contribution in [-0.4, -0.2) is 72.5 Å². The van der Waals surface area contributed by atoms with E-state index in [9.17, 15) is 9.59 Å². The zero-order valence-electron chi connectivity index (χ0n) is 19.1. The normalized spacial score (nSPS) is 12.1. The number of pyridine rings is 2. The quantitative estimate of drug-likeness (QED) is 0.270. The van der Waals surface area contributed by atoms with Gasteiger partial charge in [-0.3, -0.25) is 19.6 Å². The molecular formula is C24H30N4O4. The molecule has 2 aromatic heterocycles. The summed E-state index contributed by atoms with van der Waals surface area (Å²) in [6.07, 6.45) is 0. The number of hydrogen-bond acceptors (Lipinski definition) is 8. The minimum absolute atomic E-state index is 0.0670. The first-order chi connectivity index (χ1) is 15.4. The summed E-state index contributed by atoms with van der Waals surface area (Å²) < 4.78 is 11.1. The minimum Gasteiger partial charge on any atom is -0.377 e. The van der Waals surface area contributed by atoms with E-state index in [1.807, 2.05) is 26.0 Å². The zero-order chi connectivity index (χ0) is 23.3. The van der Waals surface area contributed by atoms with Gasteiger partial charge in [0.05, 0.1) is 62.3 Å². The summed E-state index contributed by atoms with van der Waals surface area (Å²) in [5.41, 5.74) is 3.80. The highest BCUT2D eigenvalue weighted by molar-refractivity contribution is 5.99. The lowest BCUT2D eigenvalue weighted by Crippen LogP contribution is -2.11. The van der Waals surface area contributed by atoms with E-state index in [1.54, 1.807) is 24.3 Å². The van der Waals surface area contributed by atoms with Crippen molar-refractivity contribution < 1.29 is 19.1 Å². The maximum absolute atomic E-state index is 11.4. The predicted molar refractivity (Wildman–Crippen MR) is 124 cm³/mol. The van der Waals surface area contributed by atoms with Crippen LogP contribution in [0.15, 0.2) is 46.4 Å². The number of Topliss-reactive ketones (excluding diaryl/α,β-unsaturated/α-hetero) is 2. The third kappa shape index (κ3) is 8.56. The monoisotopic (exact) mass is 438 g/mol. The van der Waals surface area contributed by atoms with Crippen LogP contribution in [0.5, 0.6) is 0 Å². The number of nitrogens with zero attached hydrogens (tertiary/aromatic N) is 4. The summed E-state index contributed by atoms with van der Waals surface area (Å²) in [7, 11) is 0. The number of hydrogen-bond donors (Lipinski definition) is 0. The van der Waals surface area contributed by atoms with Gasteiger partial charge in [-0.2, -0.15) is 0 Å². The molecule has 0 atom stereocenters. The van der Waals surface area contributed by atoms with Crippen LogP contribution in [0.2, 0.25) is 0 Å². The molecular weight excluding hydrogens is 408 g/mol. The fourth-order valence-electron chi connectivity index (χ4n) is 2.70. The molecule has 170 valence electrons. The second-order valence-corrected chi connectivity index (χ2v) is 7.09. The molecule has 0 saturated carbocycles. The van der Waals surface area contributed by atoms with Gasteiger partial charge in [-0.15, -0.1) is 0 Å². The molecule has 0 aliphatic rings. The van der Waals surface area contributed by atoms with Gasteiger partial charge in [-0.25, -0.2) is 9.97 Å². The van der Waals surface area contributed by atoms with Crippen molar-refractivity contribution in [3.8, 4) is 0 Å². The molecule has 0 N–H and O–H groups in total. The highest BCUT2D eigenvalue weighted by Crippen LogP contribution is 2.03. The van der Waals surface area contributed by atoms with Gasteiger partial charge in [0.1, 0.15) is 11.4 Å². The first kappa shape index (κ1) is 25.2. The Morgan fingerprint density at radius 2 is 1.03 bits per heavy atom. The van der Waals surface area contributed by atoms with Gasteiger partial charge >= 0.3 is 0 Å². The Morgan fingerprint density at radius 3 is 1.41 bits per heavy atom. The van der Waals surface area contributed by atoms with E-state index in [0.717, 1.165) is 11.4 Å². The lowest BCUT2D eigenvalue weighted by atomic mass is 10.2. The molecule has 2 rings (SSSR count). The van der Waals surface area contributed by atoms with Gasteiger partial charge in [0, 0.05) is 13.8 Å². The molecule has 0 radical (unpaired) electrons. The summed E-state index contributed by atoms with van der Waals surface area (Å²) in [6, 6.07) is 10.7. The van der Waals surface area contributed by atoms with E-state index in [2.05, 4.69) is 20.0 Å². The topological polar surface area (TPSA) is 103 Å². The van der Waals surface area contributed by atoms with Crippen LogP contribution >= 0.6 is 0 Å². The average Bonchev–Trinajstić information content (AvgIpc) is 2.80. The van der Waals surface area contributed by atoms with Crippen molar-refractivity contribution in [2.45, 2.75) is 27.7 Å². The van der Waals surface area contributed by atoms with E-state index in [4.69, 9.17) is 9.47 Å². The SMILES string of the molecule is CC(=O)c1cccc(C(C)=NCCOCCOCCN=C(C)c2cccc(C(C)=O)n2)n1. The lowest BCUT2D eigenvalue weighted by Gasteiger charge is -2.06. The van der Waals surface area contributed by atoms with Crippen LogP contribution in [0.25, 0.3) is 0 Å². The van der Waals surface area contributed by atoms with Gasteiger partial charge in [-0.05, 0) is 38.1 Å². The fraction of sp³-hybridized carbons (Fsp3) is 0.417. The Morgan fingerprint density at radius 1 is 0.656 bits per heavy atom. The number of ketones is 2. The Labute approximate surface area is 188 Å². The van der Waals surface area contributed by atoms with Gasteiger partial charge in [-0.1, -0.05) is 12.1 Å². The second-order valence-electron chi connectivity index (χ2n) is 7.09. The molecule has 0 saturated heterocycles. The number of carbonyl (C=O) groups is 2. The molecule has 0 amide bonds. The van der Waals surface area contributed by atoms with Crippen molar-refractivity contribution in [2.24, 2.45) is 9.98 Å². The van der Waals surface area contributed by atoms with Crippen LogP contribution in [-0.2, 0) is 9.47 Å². The molecule has 2 aromatic rings. The summed E-state index contributed by atoms with van der Waals surface area (Å²) in [5, 5.41) is 0. The molecule has 8 heteroatoms. The lowest BCUT2D eigenvalue weighted by molar-refractivity contribution is 0.0541. The Balaban J connectivity index is 1.60. The molecule has 2 heterocycles. The summed E-state index contributed by atoms with van der Waals surface area (Å²) >= 11 is 0. The van der Waals surface area contributed by atoms with Gasteiger partial charge in [0.2, 0.25) is 0 Å². The van der Waals surface area contributed by atoms with Gasteiger partial charge < -0.3 is 9.47 Å². The molecule has 32 heavy (non-hydrogen) atoms. The van der Waals surface area contributed by atoms with Crippen molar-refractivity contribution in [3.63, 3.8) is 0 Å². The molecule has 0 aliphatic carbocycles. The van der Waals surface area contributed by atoms with Crippen LogP contribution < -0.4 is 0 Å². The highest BCUT2D eigenvalue weighted by atomic mass is 16.5. The van der Waals surface area contributed by atoms with E-state index < -0.39 is 0 Å². The number of aromatic nitrogens is 2. The predicted octanol–water partition coefficient (Wildman–Crippen LogP) is 3.23. The molecule has 0 fully saturated rings. The number of carbonyl (C=O) groups excluding carboxylic acids is 2. The first-order valence-corrected chi connectivity index (χ1v) is 10.5. The highest BCUT2D eigenvalue weighted by Gasteiger charge is 2.05. The van der Waals surface area contributed by atoms with Crippen molar-refractivity contribution in [1.29, 1.82) is 0 Å². The van der Waals surface area contributed by atoms with Crippen molar-refractivity contribution in [2.75, 3.05) is 39.5 Å². The maximum atomic E-state index is 11.4. The van der Waals surface area contributed by atoms with Crippen LogP contribution in [0, 0.1) is 0 Å². The largest absolute Gasteiger partial charge is 0.377 e. The van der Waals surface area contributed by atoms with Crippen molar-refractivity contribution in [1.82, 2.24) is 9.97 Å². The smallest absolute Gasteiger partial charge is 0.178 e. The average molecular weight is 439 g/mol. The minimum atomic E-state index is -0.0670. The summed E-state index contributed by atoms with van der Waals surface area (Å²) in [6.45, 7) is 9.62. The van der Waals surface area contributed by atoms with E-state index in [1.165, 1.54) is 13.8 Å². The van der Waals surface area contributed by atoms with E-state index >= 15 is 0 Å². The van der Waals surface area contributed by atoms with Crippen molar-refractivity contribution >= 4 is 23.0 Å². The van der Waals surface area contributed by atoms with Crippen LogP contribution in [0.4, 0.5) is 0 Å². The van der Waals surface area contributed by atoms with Crippen molar-refractivity contribution in [3.05, 3.63) is 59.2 Å². The molecule has 0 spiro atoms. The fourth-order valence-corrected chi connectivity index (χ4v) is 2.70. The third-order valence-corrected chi connectivity index (χ3v) is 4.50. The van der Waals surface area contributed by atoms with Gasteiger partial charge in [0.25, 0.3) is 0 Å². The molecule has 0 aromatic carbocycles. The Bertz CT molecular complexity index is 906. The molecule has 0 bridgehead atoms. The Kier molecular flexibility index (Phi) is 10.5. The van der Waals surface area contributed by atoms with Crippen LogP contribution in [0.3, 0.4) is 0 Å². The maximum Gasteiger partial charge on any atom is 0.178 e. The molecule has 0 aliphatic heterocycles. The second kappa shape index (κ2) is 13.3. The summed E-state index contributed by atoms with van der Waals surface area (Å²) in [5.74, 6) is -0.134. The number of aliphatic imine (C=N–C) groups is 2. The summed E-state index contributed by atoms with van der Waals surface area (Å²) in [4.78, 5) is 40.3. The zero-order valence-corrected chi connectivity index (χ0v) is 19.1. The molecule has 0 unspecified atom stereocenters. The van der Waals surface area contributed by atoms with E-state index in [0.29, 0.717) is 62.3 Å². The number of ether oxygens (including phenoxy) is 2. The third-order valence-electron chi connectivity index (χ3n) is 4.50. The van der Waals surface area contributed by atoms with E-state index in [-0.39, 0.29) is 11.6 Å². The van der Waals surface area contributed by atoms with Gasteiger partial charge in [0.15, 0.2) is 11.6 Å². The van der Waals surface area contributed by atoms with Crippen LogP contribution in [0.1, 0.15) is 60.1 Å². The first-order valence-electron chi connectivity index (χ1n) is 10.5. The Hall–Kier alpha value is -3.10. The standard InChI is InChI=1S/C24H30N4O4/c1-17(21-7-5-9-23(27-21)19(3)29)25-11-13-31-15-16-32-14-12-26-18(2)22-8-6-10-24(28-22)20(4)30/h5-10H,11-16H2,1-4H3. The number of rotatable bonds is 13.